The van der Waals surface area contributed by atoms with Crippen molar-refractivity contribution in [3.63, 3.8) is 0 Å². The third kappa shape index (κ3) is 8.70. The summed E-state index contributed by atoms with van der Waals surface area (Å²) in [7, 11) is 0. The maximum atomic E-state index is 11.5. The number of carbonyl (C=O) groups is 2. The predicted molar refractivity (Wildman–Crippen MR) is 95.4 cm³/mol. The fourth-order valence-corrected chi connectivity index (χ4v) is 2.92. The Morgan fingerprint density at radius 1 is 0.833 bits per heavy atom. The van der Waals surface area contributed by atoms with E-state index >= 15 is 0 Å². The number of hydrogen-bond acceptors (Lipinski definition) is 2. The van der Waals surface area contributed by atoms with Gasteiger partial charge in [-0.3, -0.25) is 9.59 Å². The number of aliphatic carboxylic acids is 2. The first-order valence-electron chi connectivity index (χ1n) is 9.02. The zero-order chi connectivity index (χ0) is 17.8. The quantitative estimate of drug-likeness (QED) is 0.489. The standard InChI is InChI=1S/C20H30O4/c1-16-12-14-17(15-13-16)18(20(23)24)10-8-6-4-2-3-5-7-9-11-19(21)22/h12-15,18H,2-11H2,1H3,(H,21,22)(H,23,24). The average molecular weight is 334 g/mol. The molecule has 1 atom stereocenters. The summed E-state index contributed by atoms with van der Waals surface area (Å²) in [5, 5.41) is 18.0. The molecule has 0 aliphatic heterocycles. The Morgan fingerprint density at radius 2 is 1.33 bits per heavy atom. The summed E-state index contributed by atoms with van der Waals surface area (Å²) in [6.45, 7) is 2.00. The van der Waals surface area contributed by atoms with Crippen LogP contribution in [0, 0.1) is 6.92 Å². The van der Waals surface area contributed by atoms with Crippen molar-refractivity contribution < 1.29 is 19.8 Å². The van der Waals surface area contributed by atoms with Gasteiger partial charge in [-0.2, -0.15) is 0 Å². The monoisotopic (exact) mass is 334 g/mol. The fourth-order valence-electron chi connectivity index (χ4n) is 2.92. The summed E-state index contributed by atoms with van der Waals surface area (Å²) in [5.74, 6) is -1.85. The second-order valence-corrected chi connectivity index (χ2v) is 6.56. The molecule has 0 saturated carbocycles. The van der Waals surface area contributed by atoms with Crippen LogP contribution < -0.4 is 0 Å². The highest BCUT2D eigenvalue weighted by atomic mass is 16.4. The Kier molecular flexibility index (Phi) is 9.81. The summed E-state index contributed by atoms with van der Waals surface area (Å²) < 4.78 is 0. The van der Waals surface area contributed by atoms with Crippen molar-refractivity contribution in [3.05, 3.63) is 35.4 Å². The number of carboxylic acids is 2. The van der Waals surface area contributed by atoms with Gasteiger partial charge in [0.05, 0.1) is 5.92 Å². The molecule has 1 rings (SSSR count). The molecule has 2 N–H and O–H groups in total. The van der Waals surface area contributed by atoms with Crippen LogP contribution in [0.15, 0.2) is 24.3 Å². The van der Waals surface area contributed by atoms with E-state index in [1.165, 1.54) is 0 Å². The van der Waals surface area contributed by atoms with Gasteiger partial charge in [-0.1, -0.05) is 74.8 Å². The topological polar surface area (TPSA) is 74.6 Å². The molecular weight excluding hydrogens is 304 g/mol. The van der Waals surface area contributed by atoms with Crippen molar-refractivity contribution >= 4 is 11.9 Å². The average Bonchev–Trinajstić information content (AvgIpc) is 2.53. The zero-order valence-corrected chi connectivity index (χ0v) is 14.7. The molecular formula is C20H30O4. The number of rotatable bonds is 13. The van der Waals surface area contributed by atoms with E-state index in [2.05, 4.69) is 0 Å². The van der Waals surface area contributed by atoms with E-state index in [9.17, 15) is 14.7 Å². The smallest absolute Gasteiger partial charge is 0.310 e. The highest BCUT2D eigenvalue weighted by Crippen LogP contribution is 2.24. The highest BCUT2D eigenvalue weighted by Gasteiger charge is 2.18. The van der Waals surface area contributed by atoms with Crippen LogP contribution in [0.4, 0.5) is 0 Å². The van der Waals surface area contributed by atoms with E-state index in [1.54, 1.807) is 0 Å². The SMILES string of the molecule is Cc1ccc(C(CCCCCCCCCCC(=O)O)C(=O)O)cc1. The second-order valence-electron chi connectivity index (χ2n) is 6.56. The van der Waals surface area contributed by atoms with Crippen LogP contribution in [0.3, 0.4) is 0 Å². The fraction of sp³-hybridized carbons (Fsp3) is 0.600. The lowest BCUT2D eigenvalue weighted by atomic mass is 9.92. The molecule has 0 saturated heterocycles. The maximum Gasteiger partial charge on any atom is 0.310 e. The van der Waals surface area contributed by atoms with E-state index in [1.807, 2.05) is 31.2 Å². The molecule has 1 aromatic carbocycles. The van der Waals surface area contributed by atoms with Crippen LogP contribution in [0.5, 0.6) is 0 Å². The second kappa shape index (κ2) is 11.7. The van der Waals surface area contributed by atoms with Crippen molar-refractivity contribution in [1.29, 1.82) is 0 Å². The first kappa shape index (κ1) is 20.2. The molecule has 1 unspecified atom stereocenters. The van der Waals surface area contributed by atoms with Gasteiger partial charge >= 0.3 is 11.9 Å². The number of hydrogen-bond donors (Lipinski definition) is 2. The van der Waals surface area contributed by atoms with Gasteiger partial charge in [0, 0.05) is 6.42 Å². The highest BCUT2D eigenvalue weighted by molar-refractivity contribution is 5.76. The number of aryl methyl sites for hydroxylation is 1. The molecule has 0 aliphatic rings. The van der Waals surface area contributed by atoms with E-state index in [-0.39, 0.29) is 6.42 Å². The van der Waals surface area contributed by atoms with Crippen LogP contribution in [0.1, 0.15) is 81.3 Å². The Hall–Kier alpha value is -1.84. The first-order chi connectivity index (χ1) is 11.5. The summed E-state index contributed by atoms with van der Waals surface area (Å²) in [6, 6.07) is 7.78. The summed E-state index contributed by atoms with van der Waals surface area (Å²) >= 11 is 0. The third-order valence-corrected chi connectivity index (χ3v) is 4.41. The molecule has 0 amide bonds. The molecule has 1 aromatic rings. The van der Waals surface area contributed by atoms with Gasteiger partial charge in [0.1, 0.15) is 0 Å². The number of benzene rings is 1. The molecule has 0 spiro atoms. The van der Waals surface area contributed by atoms with Crippen LogP contribution in [-0.2, 0) is 9.59 Å². The minimum Gasteiger partial charge on any atom is -0.481 e. The van der Waals surface area contributed by atoms with Crippen molar-refractivity contribution in [2.75, 3.05) is 0 Å². The van der Waals surface area contributed by atoms with Gasteiger partial charge in [0.2, 0.25) is 0 Å². The van der Waals surface area contributed by atoms with Crippen molar-refractivity contribution in [2.45, 2.75) is 77.0 Å². The minimum absolute atomic E-state index is 0.273. The lowest BCUT2D eigenvalue weighted by Gasteiger charge is -2.13. The summed E-state index contributed by atoms with van der Waals surface area (Å²) in [6.07, 6.45) is 9.22. The third-order valence-electron chi connectivity index (χ3n) is 4.41. The molecule has 0 aliphatic carbocycles. The van der Waals surface area contributed by atoms with E-state index in [4.69, 9.17) is 5.11 Å². The van der Waals surface area contributed by atoms with Gasteiger partial charge in [0.15, 0.2) is 0 Å². The molecule has 0 radical (unpaired) electrons. The Bertz CT molecular complexity index is 493. The lowest BCUT2D eigenvalue weighted by molar-refractivity contribution is -0.139. The molecule has 0 aromatic heterocycles. The van der Waals surface area contributed by atoms with Gasteiger partial charge in [-0.25, -0.2) is 0 Å². The van der Waals surface area contributed by atoms with Crippen molar-refractivity contribution in [2.24, 2.45) is 0 Å². The Morgan fingerprint density at radius 3 is 1.83 bits per heavy atom. The van der Waals surface area contributed by atoms with Crippen LogP contribution in [-0.4, -0.2) is 22.2 Å². The van der Waals surface area contributed by atoms with Crippen molar-refractivity contribution in [3.8, 4) is 0 Å². The van der Waals surface area contributed by atoms with Crippen molar-refractivity contribution in [1.82, 2.24) is 0 Å². The van der Waals surface area contributed by atoms with Gasteiger partial charge in [-0.05, 0) is 25.3 Å². The van der Waals surface area contributed by atoms with E-state index < -0.39 is 17.9 Å². The van der Waals surface area contributed by atoms with Crippen LogP contribution in [0.2, 0.25) is 0 Å². The van der Waals surface area contributed by atoms with E-state index in [0.717, 1.165) is 62.5 Å². The molecule has 4 nitrogen and oxygen atoms in total. The summed E-state index contributed by atoms with van der Waals surface area (Å²) in [4.78, 5) is 21.8. The minimum atomic E-state index is -0.739. The lowest BCUT2D eigenvalue weighted by Crippen LogP contribution is -2.11. The molecule has 24 heavy (non-hydrogen) atoms. The molecule has 134 valence electrons. The van der Waals surface area contributed by atoms with Crippen LogP contribution >= 0.6 is 0 Å². The zero-order valence-electron chi connectivity index (χ0n) is 14.7. The molecule has 0 fully saturated rings. The molecule has 4 heteroatoms. The van der Waals surface area contributed by atoms with Gasteiger partial charge in [0.25, 0.3) is 0 Å². The van der Waals surface area contributed by atoms with Crippen LogP contribution in [0.25, 0.3) is 0 Å². The van der Waals surface area contributed by atoms with Gasteiger partial charge in [-0.15, -0.1) is 0 Å². The number of unbranched alkanes of at least 4 members (excludes halogenated alkanes) is 7. The Labute approximate surface area is 144 Å². The predicted octanol–water partition coefficient (Wildman–Crippen LogP) is 5.15. The number of carboxylic acid groups (broad SMARTS) is 2. The Balaban J connectivity index is 2.13. The van der Waals surface area contributed by atoms with Gasteiger partial charge < -0.3 is 10.2 Å². The molecule has 0 bridgehead atoms. The summed E-state index contributed by atoms with van der Waals surface area (Å²) in [5.41, 5.74) is 2.04. The maximum absolute atomic E-state index is 11.5. The largest absolute Gasteiger partial charge is 0.481 e. The molecule has 0 heterocycles. The normalized spacial score (nSPS) is 12.0. The first-order valence-corrected chi connectivity index (χ1v) is 9.02. The van der Waals surface area contributed by atoms with E-state index in [0.29, 0.717) is 6.42 Å².